The van der Waals surface area contributed by atoms with E-state index in [0.29, 0.717) is 6.54 Å². The Labute approximate surface area is 105 Å². The van der Waals surface area contributed by atoms with Crippen molar-refractivity contribution in [1.29, 1.82) is 0 Å². The minimum Gasteiger partial charge on any atom is -0.480 e. The van der Waals surface area contributed by atoms with E-state index in [1.807, 2.05) is 42.2 Å². The van der Waals surface area contributed by atoms with Gasteiger partial charge < -0.3 is 10.4 Å². The highest BCUT2D eigenvalue weighted by molar-refractivity contribution is 5.86. The lowest BCUT2D eigenvalue weighted by molar-refractivity contribution is -0.145. The van der Waals surface area contributed by atoms with E-state index >= 15 is 0 Å². The molecule has 1 saturated heterocycles. The van der Waals surface area contributed by atoms with Crippen LogP contribution in [0, 0.1) is 0 Å². The van der Waals surface area contributed by atoms with Crippen molar-refractivity contribution < 1.29 is 14.7 Å². The Balaban J connectivity index is 2.12. The number of amides is 1. The summed E-state index contributed by atoms with van der Waals surface area (Å²) in [5.74, 6) is -1.23. The first-order valence-corrected chi connectivity index (χ1v) is 5.89. The van der Waals surface area contributed by atoms with E-state index in [4.69, 9.17) is 5.11 Å². The third kappa shape index (κ3) is 2.68. The molecule has 18 heavy (non-hydrogen) atoms. The molecule has 2 unspecified atom stereocenters. The normalized spacial score (nSPS) is 22.3. The molecule has 1 aromatic carbocycles. The third-order valence-corrected chi connectivity index (χ3v) is 3.23. The molecule has 5 nitrogen and oxygen atoms in total. The SMILES string of the molecule is CC(c1ccccc1)N1CC(=O)NC(C(=O)O)C1. The number of nitrogens with zero attached hydrogens (tertiary/aromatic N) is 1. The number of aliphatic carboxylic acids is 1. The third-order valence-electron chi connectivity index (χ3n) is 3.23. The van der Waals surface area contributed by atoms with Gasteiger partial charge in [0.05, 0.1) is 6.54 Å². The fourth-order valence-corrected chi connectivity index (χ4v) is 2.15. The number of hydrogen-bond donors (Lipinski definition) is 2. The van der Waals surface area contributed by atoms with E-state index in [1.54, 1.807) is 0 Å². The van der Waals surface area contributed by atoms with Gasteiger partial charge in [-0.2, -0.15) is 0 Å². The molecule has 1 amide bonds. The van der Waals surface area contributed by atoms with Crippen molar-refractivity contribution in [3.05, 3.63) is 35.9 Å². The van der Waals surface area contributed by atoms with Crippen LogP contribution in [0.4, 0.5) is 0 Å². The minimum absolute atomic E-state index is 0.0269. The second kappa shape index (κ2) is 5.18. The highest BCUT2D eigenvalue weighted by atomic mass is 16.4. The summed E-state index contributed by atoms with van der Waals surface area (Å²) in [6.45, 7) is 2.55. The van der Waals surface area contributed by atoms with Gasteiger partial charge in [0.15, 0.2) is 0 Å². The van der Waals surface area contributed by atoms with Crippen molar-refractivity contribution >= 4 is 11.9 Å². The van der Waals surface area contributed by atoms with Crippen molar-refractivity contribution in [3.8, 4) is 0 Å². The Morgan fingerprint density at radius 2 is 2.11 bits per heavy atom. The summed E-state index contributed by atoms with van der Waals surface area (Å²) in [7, 11) is 0. The van der Waals surface area contributed by atoms with Gasteiger partial charge in [0.25, 0.3) is 0 Å². The Morgan fingerprint density at radius 1 is 1.44 bits per heavy atom. The van der Waals surface area contributed by atoms with Gasteiger partial charge >= 0.3 is 5.97 Å². The highest BCUT2D eigenvalue weighted by Crippen LogP contribution is 2.21. The number of piperazine rings is 1. The maximum absolute atomic E-state index is 11.5. The van der Waals surface area contributed by atoms with Gasteiger partial charge in [-0.15, -0.1) is 0 Å². The summed E-state index contributed by atoms with van der Waals surface area (Å²) >= 11 is 0. The zero-order valence-corrected chi connectivity index (χ0v) is 10.2. The van der Waals surface area contributed by atoms with Crippen LogP contribution in [0.25, 0.3) is 0 Å². The highest BCUT2D eigenvalue weighted by Gasteiger charge is 2.31. The van der Waals surface area contributed by atoms with Gasteiger partial charge in [0.1, 0.15) is 6.04 Å². The average Bonchev–Trinajstić information content (AvgIpc) is 2.38. The number of carbonyl (C=O) groups is 2. The molecule has 2 N–H and O–H groups in total. The summed E-state index contributed by atoms with van der Waals surface area (Å²) in [5, 5.41) is 11.5. The molecule has 0 bridgehead atoms. The number of carboxylic acid groups (broad SMARTS) is 1. The topological polar surface area (TPSA) is 69.6 Å². The molecule has 0 aliphatic carbocycles. The zero-order valence-electron chi connectivity index (χ0n) is 10.2. The minimum atomic E-state index is -0.992. The molecule has 0 saturated carbocycles. The number of benzene rings is 1. The maximum Gasteiger partial charge on any atom is 0.327 e. The fraction of sp³-hybridized carbons (Fsp3) is 0.385. The number of hydrogen-bond acceptors (Lipinski definition) is 3. The van der Waals surface area contributed by atoms with Gasteiger partial charge in [-0.25, -0.2) is 4.79 Å². The van der Waals surface area contributed by atoms with E-state index in [2.05, 4.69) is 5.32 Å². The predicted octanol–water partition coefficient (Wildman–Crippen LogP) is 0.633. The van der Waals surface area contributed by atoms with Crippen LogP contribution in [-0.4, -0.2) is 41.0 Å². The number of rotatable bonds is 3. The van der Waals surface area contributed by atoms with Crippen molar-refractivity contribution in [1.82, 2.24) is 10.2 Å². The fourth-order valence-electron chi connectivity index (χ4n) is 2.15. The molecule has 5 heteroatoms. The Morgan fingerprint density at radius 3 is 2.72 bits per heavy atom. The van der Waals surface area contributed by atoms with E-state index in [1.165, 1.54) is 0 Å². The maximum atomic E-state index is 11.5. The first kappa shape index (κ1) is 12.6. The lowest BCUT2D eigenvalue weighted by Gasteiger charge is -2.35. The van der Waals surface area contributed by atoms with E-state index < -0.39 is 12.0 Å². The monoisotopic (exact) mass is 248 g/mol. The molecule has 1 fully saturated rings. The molecule has 2 atom stereocenters. The smallest absolute Gasteiger partial charge is 0.327 e. The summed E-state index contributed by atoms with van der Waals surface area (Å²) in [4.78, 5) is 24.4. The van der Waals surface area contributed by atoms with Crippen LogP contribution in [0.2, 0.25) is 0 Å². The van der Waals surface area contributed by atoms with Crippen LogP contribution in [0.1, 0.15) is 18.5 Å². The Hall–Kier alpha value is -1.88. The van der Waals surface area contributed by atoms with Crippen molar-refractivity contribution in [2.24, 2.45) is 0 Å². The van der Waals surface area contributed by atoms with Gasteiger partial charge in [-0.05, 0) is 12.5 Å². The second-order valence-electron chi connectivity index (χ2n) is 4.47. The predicted molar refractivity (Wildman–Crippen MR) is 66.0 cm³/mol. The largest absolute Gasteiger partial charge is 0.480 e. The van der Waals surface area contributed by atoms with Gasteiger partial charge in [-0.1, -0.05) is 30.3 Å². The van der Waals surface area contributed by atoms with Crippen LogP contribution in [-0.2, 0) is 9.59 Å². The number of carboxylic acids is 1. The molecule has 0 spiro atoms. The average molecular weight is 248 g/mol. The molecule has 0 aromatic heterocycles. The summed E-state index contributed by atoms with van der Waals surface area (Å²) in [6.07, 6.45) is 0. The molecule has 1 aromatic rings. The van der Waals surface area contributed by atoms with Crippen molar-refractivity contribution in [2.45, 2.75) is 19.0 Å². The van der Waals surface area contributed by atoms with Crippen LogP contribution < -0.4 is 5.32 Å². The van der Waals surface area contributed by atoms with Crippen molar-refractivity contribution in [2.75, 3.05) is 13.1 Å². The van der Waals surface area contributed by atoms with Crippen molar-refractivity contribution in [3.63, 3.8) is 0 Å². The second-order valence-corrected chi connectivity index (χ2v) is 4.47. The van der Waals surface area contributed by atoms with Crippen LogP contribution in [0.5, 0.6) is 0 Å². The summed E-state index contributed by atoms with van der Waals surface area (Å²) in [6, 6.07) is 8.96. The summed E-state index contributed by atoms with van der Waals surface area (Å²) < 4.78 is 0. The first-order valence-electron chi connectivity index (χ1n) is 5.89. The molecule has 2 rings (SSSR count). The van der Waals surface area contributed by atoms with E-state index in [9.17, 15) is 9.59 Å². The van der Waals surface area contributed by atoms with Crippen LogP contribution in [0.3, 0.4) is 0 Å². The van der Waals surface area contributed by atoms with E-state index in [-0.39, 0.29) is 18.5 Å². The van der Waals surface area contributed by atoms with Gasteiger partial charge in [0, 0.05) is 12.6 Å². The van der Waals surface area contributed by atoms with Crippen LogP contribution >= 0.6 is 0 Å². The van der Waals surface area contributed by atoms with Gasteiger partial charge in [0.2, 0.25) is 5.91 Å². The summed E-state index contributed by atoms with van der Waals surface area (Å²) in [5.41, 5.74) is 1.08. The Kier molecular flexibility index (Phi) is 3.62. The van der Waals surface area contributed by atoms with Gasteiger partial charge in [-0.3, -0.25) is 9.69 Å². The molecular formula is C13H16N2O3. The zero-order chi connectivity index (χ0) is 13.1. The quantitative estimate of drug-likeness (QED) is 0.823. The number of carbonyl (C=O) groups excluding carboxylic acids is 1. The molecule has 0 radical (unpaired) electrons. The Bertz CT molecular complexity index is 447. The molecular weight excluding hydrogens is 232 g/mol. The van der Waals surface area contributed by atoms with Crippen LogP contribution in [0.15, 0.2) is 30.3 Å². The van der Waals surface area contributed by atoms with E-state index in [0.717, 1.165) is 5.56 Å². The molecule has 1 heterocycles. The lowest BCUT2D eigenvalue weighted by atomic mass is 10.0. The number of nitrogens with one attached hydrogen (secondary N) is 1. The lowest BCUT2D eigenvalue weighted by Crippen LogP contribution is -2.57. The molecule has 1 aliphatic heterocycles. The first-order chi connectivity index (χ1) is 8.58. The standard InChI is InChI=1S/C13H16N2O3/c1-9(10-5-3-2-4-6-10)15-7-11(13(17)18)14-12(16)8-15/h2-6,9,11H,7-8H2,1H3,(H,14,16)(H,17,18). The molecule has 96 valence electrons. The molecule has 1 aliphatic rings.